The first kappa shape index (κ1) is 97.1. The fourth-order valence-electron chi connectivity index (χ4n) is 24.0. The van der Waals surface area contributed by atoms with Crippen LogP contribution in [0.3, 0.4) is 0 Å². The number of aliphatic carboxylic acids is 5. The van der Waals surface area contributed by atoms with Gasteiger partial charge in [-0.15, -0.1) is 0 Å². The predicted molar refractivity (Wildman–Crippen MR) is 467 cm³/mol. The summed E-state index contributed by atoms with van der Waals surface area (Å²) in [6, 6.07) is 19.0. The highest BCUT2D eigenvalue weighted by molar-refractivity contribution is 5.91. The molecule has 0 radical (unpaired) electrons. The fourth-order valence-corrected chi connectivity index (χ4v) is 24.0. The van der Waals surface area contributed by atoms with Crippen LogP contribution in [0.4, 0.5) is 0 Å². The van der Waals surface area contributed by atoms with Gasteiger partial charge in [0.1, 0.15) is 11.6 Å². The number of methoxy groups -OCH3 is 1. The number of carboxylic acid groups (broad SMARTS) is 5. The van der Waals surface area contributed by atoms with Crippen LogP contribution in [0.1, 0.15) is 152 Å². The summed E-state index contributed by atoms with van der Waals surface area (Å²) in [5.41, 5.74) is 3.94. The number of likely N-dealkylation sites (N-methyl/N-ethyl adjacent to an activating group) is 2. The molecule has 0 spiro atoms. The van der Waals surface area contributed by atoms with Crippen LogP contribution in [0.2, 0.25) is 0 Å². The molecule has 24 atom stereocenters. The van der Waals surface area contributed by atoms with E-state index in [0.29, 0.717) is 44.9 Å². The molecular weight excluding hydrogens is 1660 g/mol. The highest BCUT2D eigenvalue weighted by Gasteiger charge is 2.62. The Morgan fingerprint density at radius 2 is 0.713 bits per heavy atom. The number of likely N-dealkylation sites (tertiary alicyclic amines) is 2. The van der Waals surface area contributed by atoms with E-state index in [1.165, 1.54) is 30.2 Å². The van der Waals surface area contributed by atoms with Crippen LogP contribution in [0, 0.1) is 83.9 Å². The van der Waals surface area contributed by atoms with E-state index in [2.05, 4.69) is 76.9 Å². The molecule has 0 aliphatic carbocycles. The topological polar surface area (TPSA) is 400 Å². The average molecular weight is 1800 g/mol. The number of ether oxygens (including phenoxy) is 7. The predicted octanol–water partition coefficient (Wildman–Crippen LogP) is 5.70. The van der Waals surface area contributed by atoms with Gasteiger partial charge in [0.2, 0.25) is 23.6 Å². The maximum Gasteiger partial charge on any atom is 0.312 e. The number of carboxylic acids is 5. The van der Waals surface area contributed by atoms with Crippen LogP contribution >= 0.6 is 0 Å². The van der Waals surface area contributed by atoms with Crippen molar-refractivity contribution in [2.75, 3.05) is 153 Å². The summed E-state index contributed by atoms with van der Waals surface area (Å²) in [6.07, 6.45) is 15.5. The number of piperazine rings is 3. The Bertz CT molecular complexity index is 4200. The SMILES string of the molecule is CCN1CCN(C(=O)C2C3CCC(O3)C2C(=O)O)CC1.CN(C)CCCC(=O)C1C2CCC(O2)C1C(=O)O.COC(=O)C1C2CCC(O2)C1C(=O)N1CCN(C)CC1.Cc1ccc(CCN2CCC(CC(=O)C3C4CCC(O4)C3C(=O)O)CC2)cc1.O=C(O)C1C2CCC(O2)C1C(=O)N1CCCCC1.O=C(O)C1C2CCC(O2)C1C(=O)N1CCN(Cc2ccccc2)CC1. The van der Waals surface area contributed by atoms with Gasteiger partial charge < -0.3 is 97.9 Å². The van der Waals surface area contributed by atoms with E-state index in [9.17, 15) is 83.1 Å². The van der Waals surface area contributed by atoms with Gasteiger partial charge in [0.15, 0.2) is 0 Å². The van der Waals surface area contributed by atoms with Crippen molar-refractivity contribution in [2.24, 2.45) is 76.9 Å². The number of ketones is 2. The number of carbonyl (C=O) groups is 12. The van der Waals surface area contributed by atoms with Gasteiger partial charge in [0, 0.05) is 118 Å². The molecule has 33 nitrogen and oxygen atoms in total. The quantitative estimate of drug-likeness (QED) is 0.0786. The number of fused-ring (bicyclic) bond motifs is 12. The van der Waals surface area contributed by atoms with Gasteiger partial charge in [-0.05, 0) is 193 Å². The molecule has 17 aliphatic heterocycles. The minimum absolute atomic E-state index is 0.00861. The fraction of sp³-hybridized carbons (Fsp3) is 0.750. The number of hydrogen-bond donors (Lipinski definition) is 5. The molecule has 5 N–H and O–H groups in total. The number of Topliss-reactive ketones (excluding diaryl/α,β-unsaturated/α-hetero) is 2. The first-order chi connectivity index (χ1) is 62.1. The van der Waals surface area contributed by atoms with Crippen molar-refractivity contribution in [3.05, 3.63) is 71.3 Å². The summed E-state index contributed by atoms with van der Waals surface area (Å²) in [5.74, 6) is -10.3. The molecule has 129 heavy (non-hydrogen) atoms. The molecule has 17 fully saturated rings. The van der Waals surface area contributed by atoms with Gasteiger partial charge in [-0.1, -0.05) is 67.1 Å². The van der Waals surface area contributed by atoms with Crippen LogP contribution in [0.15, 0.2) is 54.6 Å². The van der Waals surface area contributed by atoms with Gasteiger partial charge in [0.05, 0.1) is 151 Å². The minimum atomic E-state index is -0.895. The normalized spacial score (nSPS) is 34.6. The van der Waals surface area contributed by atoms with Gasteiger partial charge in [-0.2, -0.15) is 0 Å². The summed E-state index contributed by atoms with van der Waals surface area (Å²) in [7, 11) is 7.36. The third-order valence-corrected chi connectivity index (χ3v) is 31.0. The van der Waals surface area contributed by atoms with Crippen LogP contribution in [0.25, 0.3) is 0 Å². The van der Waals surface area contributed by atoms with E-state index in [4.69, 9.17) is 33.2 Å². The third-order valence-electron chi connectivity index (χ3n) is 31.0. The molecule has 33 heteroatoms. The lowest BCUT2D eigenvalue weighted by Crippen LogP contribution is -2.53. The third kappa shape index (κ3) is 22.8. The Hall–Kier alpha value is -7.96. The Morgan fingerprint density at radius 3 is 1.09 bits per heavy atom. The number of amides is 4. The van der Waals surface area contributed by atoms with Gasteiger partial charge in [-0.3, -0.25) is 62.4 Å². The highest BCUT2D eigenvalue weighted by atomic mass is 16.6. The number of piperidine rings is 2. The van der Waals surface area contributed by atoms with E-state index >= 15 is 0 Å². The Labute approximate surface area is 757 Å². The van der Waals surface area contributed by atoms with E-state index in [-0.39, 0.29) is 120 Å². The molecular formula is C96H139N9O24. The van der Waals surface area contributed by atoms with Crippen molar-refractivity contribution in [3.8, 4) is 0 Å². The zero-order chi connectivity index (χ0) is 91.6. The van der Waals surface area contributed by atoms with Crippen molar-refractivity contribution in [1.82, 2.24) is 44.1 Å². The van der Waals surface area contributed by atoms with Crippen molar-refractivity contribution >= 4 is 71.0 Å². The molecule has 17 heterocycles. The second-order valence-electron chi connectivity index (χ2n) is 39.2. The van der Waals surface area contributed by atoms with Gasteiger partial charge >= 0.3 is 35.8 Å². The van der Waals surface area contributed by atoms with Crippen molar-refractivity contribution in [3.63, 3.8) is 0 Å². The first-order valence-electron chi connectivity index (χ1n) is 48.0. The van der Waals surface area contributed by atoms with E-state index in [1.54, 1.807) is 0 Å². The van der Waals surface area contributed by atoms with E-state index in [1.807, 2.05) is 56.8 Å². The molecule has 4 amide bonds. The number of rotatable bonds is 24. The minimum Gasteiger partial charge on any atom is -0.481 e. The summed E-state index contributed by atoms with van der Waals surface area (Å²) in [4.78, 5) is 164. The molecule has 24 unspecified atom stereocenters. The van der Waals surface area contributed by atoms with Crippen LogP contribution in [-0.4, -0.2) is 366 Å². The van der Waals surface area contributed by atoms with Gasteiger partial charge in [0.25, 0.3) is 0 Å². The summed E-state index contributed by atoms with van der Waals surface area (Å²) in [6.45, 7) is 21.0. The van der Waals surface area contributed by atoms with Crippen LogP contribution < -0.4 is 0 Å². The number of aryl methyl sites for hydroxylation is 1. The zero-order valence-electron chi connectivity index (χ0n) is 76.1. The molecule has 0 saturated carbocycles. The number of nitrogens with zero attached hydrogens (tertiary/aromatic N) is 9. The van der Waals surface area contributed by atoms with E-state index < -0.39 is 94.9 Å². The largest absolute Gasteiger partial charge is 0.481 e. The van der Waals surface area contributed by atoms with Gasteiger partial charge in [-0.25, -0.2) is 0 Å². The smallest absolute Gasteiger partial charge is 0.312 e. The highest BCUT2D eigenvalue weighted by Crippen LogP contribution is 2.51. The number of esters is 1. The molecule has 0 aromatic heterocycles. The first-order valence-corrected chi connectivity index (χ1v) is 48.0. The Kier molecular flexibility index (Phi) is 33.3. The summed E-state index contributed by atoms with van der Waals surface area (Å²) >= 11 is 0. The molecule has 2 aromatic carbocycles. The molecule has 17 saturated heterocycles. The number of carbonyl (C=O) groups excluding carboxylic acids is 7. The zero-order valence-corrected chi connectivity index (χ0v) is 76.1. The monoisotopic (exact) mass is 1800 g/mol. The molecule has 2 aromatic rings. The molecule has 12 bridgehead atoms. The Balaban J connectivity index is 0.000000126. The van der Waals surface area contributed by atoms with E-state index in [0.717, 1.165) is 220 Å². The lowest BCUT2D eigenvalue weighted by Gasteiger charge is -2.37. The van der Waals surface area contributed by atoms with Crippen molar-refractivity contribution < 1.29 is 116 Å². The number of benzene rings is 2. The lowest BCUT2D eigenvalue weighted by molar-refractivity contribution is -0.154. The maximum absolute atomic E-state index is 12.9. The average Bonchev–Trinajstić information content (AvgIpc) is 1.14. The second-order valence-corrected chi connectivity index (χ2v) is 39.2. The summed E-state index contributed by atoms with van der Waals surface area (Å²) in [5, 5.41) is 46.9. The standard InChI is InChI=1S/C23H31NO4.C19H24N2O4.2C14H22N2O4.C13H19NO4.C13H21NO4/c1-15-2-4-16(5-3-15)8-11-24-12-9-17(10-13-24)14-18(25)21-19-6-7-20(28-19)22(21)23(26)27;22-18(16-14-6-7-15(25-14)17(16)19(23)24)21-10-8-20(9-11-21)12-13-4-2-1-3-5-13;1-15-5-7-16(8-6-15)13(17)11-9-3-4-10(20-9)12(11)14(18)19-2;1-2-15-5-7-16(8-6-15)13(17)11-9-3-4-10(20-9)12(11)14(18)19;15-12(14-6-2-1-3-7-14)10-8-4-5-9(18-8)11(10)13(16)17;1-14(2)7-3-4-8(15)11-9-5-6-10(18-9)12(11)13(16)17/h2-5,17,19-22H,6-14H2,1H3,(H,26,27);1-5,14-17H,6-12H2,(H,23,24);9-12H,3-8H2,1-2H3;9-12H,2-8H2,1H3,(H,18,19);8-11H,1-7H2,(H,16,17);9-12H,3-7H2,1-2H3,(H,16,17). The molecule has 17 aliphatic rings. The molecule has 19 rings (SSSR count). The Morgan fingerprint density at radius 1 is 0.372 bits per heavy atom. The van der Waals surface area contributed by atoms with Crippen molar-refractivity contribution in [2.45, 2.75) is 228 Å². The number of hydrogen-bond acceptors (Lipinski definition) is 24. The van der Waals surface area contributed by atoms with Crippen LogP contribution in [-0.2, 0) is 104 Å². The molecule has 712 valence electrons. The second kappa shape index (κ2) is 44.3. The van der Waals surface area contributed by atoms with Crippen molar-refractivity contribution in [1.29, 1.82) is 0 Å². The maximum atomic E-state index is 12.9. The lowest BCUT2D eigenvalue weighted by atomic mass is 9.74. The van der Waals surface area contributed by atoms with Crippen LogP contribution in [0.5, 0.6) is 0 Å². The summed E-state index contributed by atoms with van der Waals surface area (Å²) < 4.78 is 39.1.